The summed E-state index contributed by atoms with van der Waals surface area (Å²) in [5.41, 5.74) is 0.628. The van der Waals surface area contributed by atoms with Crippen LogP contribution in [0.1, 0.15) is 26.5 Å². The molecule has 0 spiro atoms. The van der Waals surface area contributed by atoms with Crippen molar-refractivity contribution in [2.45, 2.75) is 13.1 Å². The quantitative estimate of drug-likeness (QED) is 0.669. The van der Waals surface area contributed by atoms with Gasteiger partial charge in [0.1, 0.15) is 0 Å². The molecule has 3 heterocycles. The van der Waals surface area contributed by atoms with E-state index in [0.29, 0.717) is 42.9 Å². The number of carbonyl (C=O) groups is 2. The highest BCUT2D eigenvalue weighted by Crippen LogP contribution is 2.27. The van der Waals surface area contributed by atoms with Gasteiger partial charge in [0.15, 0.2) is 17.1 Å². The molecule has 0 atom stereocenters. The highest BCUT2D eigenvalue weighted by atomic mass is 35.5. The molecule has 0 unspecified atom stereocenters. The Morgan fingerprint density at radius 3 is 2.65 bits per heavy atom. The van der Waals surface area contributed by atoms with E-state index in [0.717, 1.165) is 25.2 Å². The molecule has 2 aromatic rings. The molecule has 0 bridgehead atoms. The Morgan fingerprint density at radius 1 is 1.13 bits per heavy atom. The number of nitrogens with zero attached hydrogens (tertiary/aromatic N) is 4. The van der Waals surface area contributed by atoms with Gasteiger partial charge >= 0.3 is 0 Å². The fraction of sp³-hybridized carbons (Fsp3) is 0.450. The molecule has 31 heavy (non-hydrogen) atoms. The summed E-state index contributed by atoms with van der Waals surface area (Å²) in [6.07, 6.45) is 0. The number of aromatic hydroxyl groups is 1. The summed E-state index contributed by atoms with van der Waals surface area (Å²) in [6, 6.07) is 5.03. The minimum absolute atomic E-state index is 0.0490. The number of ether oxygens (including phenoxy) is 1. The molecule has 2 aliphatic rings. The Bertz CT molecular complexity index is 990. The SMILES string of the molecule is O=C(NCc1ccc(Cl)c(Cl)c1)c1nn2c(c1O)C(=O)N(CCN1CCOCC1)CC2. The van der Waals surface area contributed by atoms with Crippen molar-refractivity contribution < 1.29 is 19.4 Å². The molecule has 1 aromatic carbocycles. The fourth-order valence-electron chi connectivity index (χ4n) is 3.66. The van der Waals surface area contributed by atoms with E-state index >= 15 is 0 Å². The third-order valence-electron chi connectivity index (χ3n) is 5.44. The summed E-state index contributed by atoms with van der Waals surface area (Å²) in [5, 5.41) is 18.2. The molecule has 0 saturated carbocycles. The van der Waals surface area contributed by atoms with Crippen LogP contribution in [0.25, 0.3) is 0 Å². The number of benzene rings is 1. The van der Waals surface area contributed by atoms with Gasteiger partial charge in [0.2, 0.25) is 0 Å². The fourth-order valence-corrected chi connectivity index (χ4v) is 3.98. The maximum atomic E-state index is 12.9. The Hall–Kier alpha value is -2.33. The highest BCUT2D eigenvalue weighted by molar-refractivity contribution is 6.42. The summed E-state index contributed by atoms with van der Waals surface area (Å²) in [6.45, 7) is 5.42. The van der Waals surface area contributed by atoms with Crippen molar-refractivity contribution in [3.8, 4) is 5.75 Å². The summed E-state index contributed by atoms with van der Waals surface area (Å²) in [7, 11) is 0. The minimum atomic E-state index is -0.571. The number of amides is 2. The van der Waals surface area contributed by atoms with Crippen molar-refractivity contribution in [1.82, 2.24) is 24.9 Å². The van der Waals surface area contributed by atoms with Crippen LogP contribution in [0.2, 0.25) is 10.0 Å². The molecule has 0 radical (unpaired) electrons. The lowest BCUT2D eigenvalue weighted by Crippen LogP contribution is -2.46. The topological polar surface area (TPSA) is 99.9 Å². The second-order valence-electron chi connectivity index (χ2n) is 7.45. The largest absolute Gasteiger partial charge is 0.504 e. The number of hydrogen-bond acceptors (Lipinski definition) is 6. The average molecular weight is 468 g/mol. The molecule has 166 valence electrons. The number of halogens is 2. The van der Waals surface area contributed by atoms with Gasteiger partial charge < -0.3 is 20.1 Å². The van der Waals surface area contributed by atoms with E-state index in [9.17, 15) is 14.7 Å². The molecule has 2 amide bonds. The van der Waals surface area contributed by atoms with Crippen LogP contribution >= 0.6 is 23.2 Å². The van der Waals surface area contributed by atoms with Crippen LogP contribution in [0.15, 0.2) is 18.2 Å². The number of aromatic nitrogens is 2. The van der Waals surface area contributed by atoms with Gasteiger partial charge in [0, 0.05) is 39.3 Å². The van der Waals surface area contributed by atoms with Crippen LogP contribution in [0.4, 0.5) is 0 Å². The number of carbonyl (C=O) groups excluding carboxylic acids is 2. The second kappa shape index (κ2) is 9.44. The van der Waals surface area contributed by atoms with Gasteiger partial charge in [-0.3, -0.25) is 19.2 Å². The predicted octanol–water partition coefficient (Wildman–Crippen LogP) is 1.61. The third-order valence-corrected chi connectivity index (χ3v) is 6.18. The van der Waals surface area contributed by atoms with Gasteiger partial charge in [-0.2, -0.15) is 5.10 Å². The molecule has 1 fully saturated rings. The van der Waals surface area contributed by atoms with Crippen LogP contribution in [0.5, 0.6) is 5.75 Å². The lowest BCUT2D eigenvalue weighted by Gasteiger charge is -2.32. The molecular weight excluding hydrogens is 445 g/mol. The number of hydrogen-bond donors (Lipinski definition) is 2. The monoisotopic (exact) mass is 467 g/mol. The zero-order chi connectivity index (χ0) is 22.0. The molecule has 1 saturated heterocycles. The first-order valence-corrected chi connectivity index (χ1v) is 10.8. The lowest BCUT2D eigenvalue weighted by molar-refractivity contribution is 0.0312. The van der Waals surface area contributed by atoms with Crippen molar-refractivity contribution in [2.75, 3.05) is 45.9 Å². The summed E-state index contributed by atoms with van der Waals surface area (Å²) >= 11 is 11.9. The van der Waals surface area contributed by atoms with Crippen LogP contribution in [0, 0.1) is 0 Å². The van der Waals surface area contributed by atoms with E-state index in [4.69, 9.17) is 27.9 Å². The standard InChI is InChI=1S/C20H23Cl2N5O4/c21-14-2-1-13(11-15(14)22)12-23-19(29)16-18(28)17-20(30)26(5-6-27(17)24-16)4-3-25-7-9-31-10-8-25/h1-2,11,28H,3-10,12H2,(H,23,29). The first-order valence-electron chi connectivity index (χ1n) is 10.1. The summed E-state index contributed by atoms with van der Waals surface area (Å²) < 4.78 is 6.74. The molecule has 4 rings (SSSR count). The van der Waals surface area contributed by atoms with Crippen molar-refractivity contribution >= 4 is 35.0 Å². The van der Waals surface area contributed by atoms with Crippen LogP contribution in [0.3, 0.4) is 0 Å². The van der Waals surface area contributed by atoms with Gasteiger partial charge in [-0.1, -0.05) is 29.3 Å². The van der Waals surface area contributed by atoms with E-state index in [1.165, 1.54) is 4.68 Å². The van der Waals surface area contributed by atoms with Gasteiger partial charge in [-0.05, 0) is 17.7 Å². The van der Waals surface area contributed by atoms with Crippen molar-refractivity contribution in [3.05, 3.63) is 45.2 Å². The molecule has 11 heteroatoms. The minimum Gasteiger partial charge on any atom is -0.504 e. The average Bonchev–Trinajstić information content (AvgIpc) is 3.12. The number of fused-ring (bicyclic) bond motifs is 1. The zero-order valence-corrected chi connectivity index (χ0v) is 18.3. The van der Waals surface area contributed by atoms with E-state index < -0.39 is 11.7 Å². The number of morpholine rings is 1. The van der Waals surface area contributed by atoms with Gasteiger partial charge in [0.05, 0.1) is 29.8 Å². The van der Waals surface area contributed by atoms with E-state index in [1.54, 1.807) is 23.1 Å². The summed E-state index contributed by atoms with van der Waals surface area (Å²) in [4.78, 5) is 29.4. The number of rotatable bonds is 6. The first kappa shape index (κ1) is 21.9. The number of nitrogens with one attached hydrogen (secondary N) is 1. The van der Waals surface area contributed by atoms with Crippen molar-refractivity contribution in [2.24, 2.45) is 0 Å². The second-order valence-corrected chi connectivity index (χ2v) is 8.26. The van der Waals surface area contributed by atoms with Crippen molar-refractivity contribution in [3.63, 3.8) is 0 Å². The van der Waals surface area contributed by atoms with E-state index in [-0.39, 0.29) is 23.8 Å². The Kier molecular flexibility index (Phi) is 6.66. The molecule has 9 nitrogen and oxygen atoms in total. The van der Waals surface area contributed by atoms with Gasteiger partial charge in [0.25, 0.3) is 11.8 Å². The smallest absolute Gasteiger partial charge is 0.276 e. The van der Waals surface area contributed by atoms with Crippen LogP contribution in [-0.4, -0.2) is 82.4 Å². The molecule has 1 aromatic heterocycles. The van der Waals surface area contributed by atoms with Crippen molar-refractivity contribution in [1.29, 1.82) is 0 Å². The molecule has 2 aliphatic heterocycles. The molecular formula is C20H23Cl2N5O4. The third kappa shape index (κ3) is 4.79. The normalized spacial score (nSPS) is 17.0. The van der Waals surface area contributed by atoms with E-state index in [2.05, 4.69) is 15.3 Å². The molecule has 0 aliphatic carbocycles. The maximum Gasteiger partial charge on any atom is 0.276 e. The van der Waals surface area contributed by atoms with E-state index in [1.807, 2.05) is 0 Å². The summed E-state index contributed by atoms with van der Waals surface area (Å²) in [5.74, 6) is -1.29. The molecule has 2 N–H and O–H groups in total. The Labute approximate surface area is 189 Å². The Morgan fingerprint density at radius 2 is 1.90 bits per heavy atom. The van der Waals surface area contributed by atoms with Crippen LogP contribution < -0.4 is 5.32 Å². The first-order chi connectivity index (χ1) is 14.9. The predicted molar refractivity (Wildman–Crippen MR) is 115 cm³/mol. The van der Waals surface area contributed by atoms with Gasteiger partial charge in [-0.15, -0.1) is 0 Å². The van der Waals surface area contributed by atoms with Gasteiger partial charge in [-0.25, -0.2) is 0 Å². The lowest BCUT2D eigenvalue weighted by atomic mass is 10.2. The highest BCUT2D eigenvalue weighted by Gasteiger charge is 2.33. The van der Waals surface area contributed by atoms with Crippen LogP contribution in [-0.2, 0) is 17.8 Å². The zero-order valence-electron chi connectivity index (χ0n) is 16.8. The maximum absolute atomic E-state index is 12.9. The Balaban J connectivity index is 1.40.